The normalized spacial score (nSPS) is 11.8. The Hall–Kier alpha value is -3.14. The fourth-order valence-electron chi connectivity index (χ4n) is 2.95. The lowest BCUT2D eigenvalue weighted by Gasteiger charge is -2.15. The van der Waals surface area contributed by atoms with Gasteiger partial charge in [0.2, 0.25) is 0 Å². The van der Waals surface area contributed by atoms with Gasteiger partial charge in [-0.1, -0.05) is 72.8 Å². The largest absolute Gasteiger partial charge is 0.481 e. The van der Waals surface area contributed by atoms with Crippen molar-refractivity contribution < 1.29 is 19.4 Å². The van der Waals surface area contributed by atoms with Crippen LogP contribution in [0.2, 0.25) is 0 Å². The van der Waals surface area contributed by atoms with Gasteiger partial charge in [0.15, 0.2) is 0 Å². The van der Waals surface area contributed by atoms with Crippen LogP contribution in [0, 0.1) is 5.92 Å². The summed E-state index contributed by atoms with van der Waals surface area (Å²) in [5.41, 5.74) is 1.80. The van der Waals surface area contributed by atoms with Crippen molar-refractivity contribution in [2.45, 2.75) is 19.4 Å². The molecule has 0 aliphatic carbocycles. The molecular formula is C22H20O4. The average molecular weight is 348 g/mol. The summed E-state index contributed by atoms with van der Waals surface area (Å²) >= 11 is 0. The highest BCUT2D eigenvalue weighted by atomic mass is 16.5. The van der Waals surface area contributed by atoms with E-state index in [9.17, 15) is 9.59 Å². The molecule has 4 nitrogen and oxygen atoms in total. The van der Waals surface area contributed by atoms with Crippen LogP contribution in [0.5, 0.6) is 0 Å². The number of hydrogen-bond donors (Lipinski definition) is 1. The Morgan fingerprint density at radius 2 is 1.54 bits per heavy atom. The van der Waals surface area contributed by atoms with Crippen LogP contribution in [0.4, 0.5) is 0 Å². The minimum atomic E-state index is -1.01. The number of benzene rings is 3. The molecule has 4 heteroatoms. The quantitative estimate of drug-likeness (QED) is 0.650. The Morgan fingerprint density at radius 1 is 0.846 bits per heavy atom. The summed E-state index contributed by atoms with van der Waals surface area (Å²) in [6, 6.07) is 23.2. The number of carbonyl (C=O) groups excluding carboxylic acids is 1. The van der Waals surface area contributed by atoms with Crippen molar-refractivity contribution in [2.24, 2.45) is 5.92 Å². The third-order valence-corrected chi connectivity index (χ3v) is 4.27. The van der Waals surface area contributed by atoms with Crippen LogP contribution in [0.3, 0.4) is 0 Å². The van der Waals surface area contributed by atoms with Crippen LogP contribution >= 0.6 is 0 Å². The molecular weight excluding hydrogens is 328 g/mol. The van der Waals surface area contributed by atoms with Crippen molar-refractivity contribution >= 4 is 22.7 Å². The van der Waals surface area contributed by atoms with Crippen LogP contribution in [0.1, 0.15) is 17.5 Å². The molecule has 3 rings (SSSR count). The molecule has 3 aromatic carbocycles. The molecule has 0 saturated heterocycles. The number of aliphatic carboxylic acids is 1. The molecule has 0 unspecified atom stereocenters. The summed E-state index contributed by atoms with van der Waals surface area (Å²) in [6.07, 6.45) is 0.0885. The van der Waals surface area contributed by atoms with E-state index in [-0.39, 0.29) is 13.0 Å². The number of rotatable bonds is 7. The average Bonchev–Trinajstić information content (AvgIpc) is 2.66. The zero-order valence-electron chi connectivity index (χ0n) is 14.3. The van der Waals surface area contributed by atoms with E-state index in [1.54, 1.807) is 0 Å². The van der Waals surface area contributed by atoms with Gasteiger partial charge in [0, 0.05) is 0 Å². The van der Waals surface area contributed by atoms with Crippen LogP contribution in [-0.4, -0.2) is 17.0 Å². The van der Waals surface area contributed by atoms with Gasteiger partial charge in [0.05, 0.1) is 12.3 Å². The fourth-order valence-corrected chi connectivity index (χ4v) is 2.95. The van der Waals surface area contributed by atoms with Crippen LogP contribution < -0.4 is 0 Å². The predicted molar refractivity (Wildman–Crippen MR) is 99.6 cm³/mol. The number of esters is 1. The van der Waals surface area contributed by atoms with Gasteiger partial charge < -0.3 is 9.84 Å². The number of carbonyl (C=O) groups is 2. The first-order valence-corrected chi connectivity index (χ1v) is 8.52. The first kappa shape index (κ1) is 17.7. The topological polar surface area (TPSA) is 63.6 Å². The van der Waals surface area contributed by atoms with E-state index in [0.29, 0.717) is 6.42 Å². The van der Waals surface area contributed by atoms with Crippen LogP contribution in [-0.2, 0) is 27.4 Å². The van der Waals surface area contributed by atoms with E-state index in [2.05, 4.69) is 0 Å². The van der Waals surface area contributed by atoms with Crippen molar-refractivity contribution in [3.05, 3.63) is 83.9 Å². The molecule has 26 heavy (non-hydrogen) atoms. The van der Waals surface area contributed by atoms with E-state index in [4.69, 9.17) is 9.84 Å². The number of ether oxygens (including phenoxy) is 1. The third kappa shape index (κ3) is 4.70. The molecule has 132 valence electrons. The Labute approximate surface area is 152 Å². The number of fused-ring (bicyclic) bond motifs is 1. The lowest BCUT2D eigenvalue weighted by atomic mass is 9.94. The van der Waals surface area contributed by atoms with Crippen molar-refractivity contribution in [2.75, 3.05) is 0 Å². The van der Waals surface area contributed by atoms with Crippen LogP contribution in [0.25, 0.3) is 10.8 Å². The summed E-state index contributed by atoms with van der Waals surface area (Å²) in [6.45, 7) is 0.146. The maximum absolute atomic E-state index is 12.4. The molecule has 0 fully saturated rings. The Morgan fingerprint density at radius 3 is 2.27 bits per heavy atom. The first-order valence-electron chi connectivity index (χ1n) is 8.52. The SMILES string of the molecule is O=C(O)C[C@@H](Cc1ccc2ccccc2c1)C(=O)OCc1ccccc1. The molecule has 3 aromatic rings. The number of hydrogen-bond acceptors (Lipinski definition) is 3. The van der Waals surface area contributed by atoms with Crippen molar-refractivity contribution in [3.63, 3.8) is 0 Å². The highest BCUT2D eigenvalue weighted by Gasteiger charge is 2.24. The van der Waals surface area contributed by atoms with Gasteiger partial charge in [0.1, 0.15) is 6.61 Å². The summed E-state index contributed by atoms with van der Waals surface area (Å²) in [4.78, 5) is 23.6. The second kappa shape index (κ2) is 8.30. The number of carboxylic acids is 1. The zero-order chi connectivity index (χ0) is 18.4. The molecule has 0 aliphatic heterocycles. The monoisotopic (exact) mass is 348 g/mol. The van der Waals surface area contributed by atoms with Gasteiger partial charge in [0.25, 0.3) is 0 Å². The van der Waals surface area contributed by atoms with Gasteiger partial charge in [-0.2, -0.15) is 0 Å². The molecule has 1 atom stereocenters. The molecule has 0 radical (unpaired) electrons. The second-order valence-corrected chi connectivity index (χ2v) is 6.27. The Kier molecular flexibility index (Phi) is 5.64. The van der Waals surface area contributed by atoms with E-state index in [1.165, 1.54) is 0 Å². The van der Waals surface area contributed by atoms with E-state index < -0.39 is 17.9 Å². The predicted octanol–water partition coefficient (Wildman–Crippen LogP) is 4.22. The van der Waals surface area contributed by atoms with E-state index in [0.717, 1.165) is 21.9 Å². The van der Waals surface area contributed by atoms with Gasteiger partial charge in [-0.15, -0.1) is 0 Å². The molecule has 0 bridgehead atoms. The smallest absolute Gasteiger partial charge is 0.310 e. The van der Waals surface area contributed by atoms with Gasteiger partial charge >= 0.3 is 11.9 Å². The molecule has 0 saturated carbocycles. The highest BCUT2D eigenvalue weighted by Crippen LogP contribution is 2.20. The Balaban J connectivity index is 1.71. The first-order chi connectivity index (χ1) is 12.6. The highest BCUT2D eigenvalue weighted by molar-refractivity contribution is 5.83. The molecule has 1 N–H and O–H groups in total. The molecule has 0 spiro atoms. The van der Waals surface area contributed by atoms with Crippen molar-refractivity contribution in [3.8, 4) is 0 Å². The van der Waals surface area contributed by atoms with Gasteiger partial charge in [-0.05, 0) is 28.3 Å². The summed E-state index contributed by atoms with van der Waals surface area (Å²) in [7, 11) is 0. The Bertz CT molecular complexity index is 902. The minimum Gasteiger partial charge on any atom is -0.481 e. The molecule has 0 heterocycles. The number of carboxylic acid groups (broad SMARTS) is 1. The van der Waals surface area contributed by atoms with E-state index in [1.807, 2.05) is 72.8 Å². The third-order valence-electron chi connectivity index (χ3n) is 4.27. The van der Waals surface area contributed by atoms with Gasteiger partial charge in [-0.3, -0.25) is 9.59 Å². The minimum absolute atomic E-state index is 0.146. The maximum atomic E-state index is 12.4. The summed E-state index contributed by atoms with van der Waals surface area (Å²) in [5.74, 6) is -2.20. The van der Waals surface area contributed by atoms with E-state index >= 15 is 0 Å². The lowest BCUT2D eigenvalue weighted by Crippen LogP contribution is -2.23. The van der Waals surface area contributed by atoms with Crippen molar-refractivity contribution in [1.82, 2.24) is 0 Å². The van der Waals surface area contributed by atoms with Gasteiger partial charge in [-0.25, -0.2) is 0 Å². The molecule has 0 aromatic heterocycles. The van der Waals surface area contributed by atoms with Crippen molar-refractivity contribution in [1.29, 1.82) is 0 Å². The molecule has 0 amide bonds. The molecule has 0 aliphatic rings. The maximum Gasteiger partial charge on any atom is 0.310 e. The zero-order valence-corrected chi connectivity index (χ0v) is 14.3. The van der Waals surface area contributed by atoms with Crippen LogP contribution in [0.15, 0.2) is 72.8 Å². The summed E-state index contributed by atoms with van der Waals surface area (Å²) in [5, 5.41) is 11.3. The fraction of sp³-hybridized carbons (Fsp3) is 0.182. The standard InChI is InChI=1S/C22H20O4/c23-21(24)14-20(22(25)26-15-16-6-2-1-3-7-16)13-17-10-11-18-8-4-5-9-19(18)12-17/h1-12,20H,13-15H2,(H,23,24)/t20-/m1/s1. The lowest BCUT2D eigenvalue weighted by molar-refractivity contribution is -0.154. The summed E-state index contributed by atoms with van der Waals surface area (Å²) < 4.78 is 5.35. The second-order valence-electron chi connectivity index (χ2n) is 6.27.